The molecule has 2 heterocycles. The molecule has 0 unspecified atom stereocenters. The Morgan fingerprint density at radius 2 is 1.33 bits per heavy atom. The quantitative estimate of drug-likeness (QED) is 0.683. The van der Waals surface area contributed by atoms with Crippen LogP contribution in [0, 0.1) is 0 Å². The SMILES string of the molecule is COc1ccc(C2(c3ccc(OC)cc3)NC(=O)N(CC(=O)N3CCCCCC3)C2=O)cc1. The van der Waals surface area contributed by atoms with Gasteiger partial charge in [0.25, 0.3) is 5.91 Å². The van der Waals surface area contributed by atoms with Gasteiger partial charge in [-0.2, -0.15) is 0 Å². The van der Waals surface area contributed by atoms with Crippen molar-refractivity contribution in [1.82, 2.24) is 15.1 Å². The molecule has 0 spiro atoms. The largest absolute Gasteiger partial charge is 0.497 e. The minimum atomic E-state index is -1.45. The molecule has 33 heavy (non-hydrogen) atoms. The molecule has 0 saturated carbocycles. The monoisotopic (exact) mass is 451 g/mol. The van der Waals surface area contributed by atoms with Crippen molar-refractivity contribution in [2.24, 2.45) is 0 Å². The van der Waals surface area contributed by atoms with E-state index in [-0.39, 0.29) is 12.5 Å². The maximum Gasteiger partial charge on any atom is 0.326 e. The van der Waals surface area contributed by atoms with Gasteiger partial charge in [-0.15, -0.1) is 0 Å². The summed E-state index contributed by atoms with van der Waals surface area (Å²) in [5, 5.41) is 2.88. The third-order valence-electron chi connectivity index (χ3n) is 6.40. The first kappa shape index (κ1) is 22.6. The zero-order chi connectivity index (χ0) is 23.4. The fourth-order valence-electron chi connectivity index (χ4n) is 4.51. The van der Waals surface area contributed by atoms with Crippen LogP contribution in [-0.2, 0) is 15.1 Å². The Bertz CT molecular complexity index is 964. The Labute approximate surface area is 193 Å². The first-order valence-corrected chi connectivity index (χ1v) is 11.2. The minimum absolute atomic E-state index is 0.208. The van der Waals surface area contributed by atoms with Crippen molar-refractivity contribution in [3.8, 4) is 11.5 Å². The molecule has 0 radical (unpaired) electrons. The molecule has 2 fully saturated rings. The summed E-state index contributed by atoms with van der Waals surface area (Å²) < 4.78 is 10.5. The van der Waals surface area contributed by atoms with Crippen molar-refractivity contribution in [3.05, 3.63) is 59.7 Å². The van der Waals surface area contributed by atoms with E-state index < -0.39 is 17.5 Å². The first-order valence-electron chi connectivity index (χ1n) is 11.2. The van der Waals surface area contributed by atoms with E-state index in [0.29, 0.717) is 35.7 Å². The lowest BCUT2D eigenvalue weighted by Crippen LogP contribution is -2.46. The average Bonchev–Trinajstić information content (AvgIpc) is 3.02. The lowest BCUT2D eigenvalue weighted by molar-refractivity contribution is -0.138. The number of ether oxygens (including phenoxy) is 2. The van der Waals surface area contributed by atoms with E-state index in [4.69, 9.17) is 9.47 Å². The molecule has 174 valence electrons. The van der Waals surface area contributed by atoms with Crippen LogP contribution in [0.25, 0.3) is 0 Å². The normalized spacial score (nSPS) is 18.0. The second-order valence-electron chi connectivity index (χ2n) is 8.32. The van der Waals surface area contributed by atoms with Crippen molar-refractivity contribution in [1.29, 1.82) is 0 Å². The summed E-state index contributed by atoms with van der Waals surface area (Å²) in [6.45, 7) is 1.04. The molecule has 2 aromatic carbocycles. The summed E-state index contributed by atoms with van der Waals surface area (Å²) in [6, 6.07) is 13.4. The number of urea groups is 1. The summed E-state index contributed by atoms with van der Waals surface area (Å²) in [4.78, 5) is 42.7. The van der Waals surface area contributed by atoms with Crippen molar-refractivity contribution < 1.29 is 23.9 Å². The highest BCUT2D eigenvalue weighted by Crippen LogP contribution is 2.37. The van der Waals surface area contributed by atoms with Gasteiger partial charge in [-0.05, 0) is 48.2 Å². The lowest BCUT2D eigenvalue weighted by Gasteiger charge is -2.28. The molecule has 2 aromatic rings. The Kier molecular flexibility index (Phi) is 6.53. The van der Waals surface area contributed by atoms with E-state index in [1.807, 2.05) is 0 Å². The molecule has 0 bridgehead atoms. The summed E-state index contributed by atoms with van der Waals surface area (Å²) in [6.07, 6.45) is 4.05. The van der Waals surface area contributed by atoms with Gasteiger partial charge in [0.15, 0.2) is 5.54 Å². The predicted molar refractivity (Wildman–Crippen MR) is 122 cm³/mol. The Balaban J connectivity index is 1.69. The second-order valence-corrected chi connectivity index (χ2v) is 8.32. The molecule has 2 aliphatic rings. The topological polar surface area (TPSA) is 88.2 Å². The Hall–Kier alpha value is -3.55. The summed E-state index contributed by atoms with van der Waals surface area (Å²) in [7, 11) is 3.12. The van der Waals surface area contributed by atoms with Crippen LogP contribution in [0.1, 0.15) is 36.8 Å². The number of methoxy groups -OCH3 is 2. The highest BCUT2D eigenvalue weighted by atomic mass is 16.5. The van der Waals surface area contributed by atoms with Gasteiger partial charge in [-0.25, -0.2) is 4.79 Å². The van der Waals surface area contributed by atoms with E-state index in [1.165, 1.54) is 0 Å². The molecule has 2 saturated heterocycles. The van der Waals surface area contributed by atoms with Crippen LogP contribution in [-0.4, -0.2) is 61.5 Å². The second kappa shape index (κ2) is 9.52. The van der Waals surface area contributed by atoms with E-state index in [1.54, 1.807) is 67.7 Å². The Morgan fingerprint density at radius 1 is 0.848 bits per heavy atom. The van der Waals surface area contributed by atoms with Crippen LogP contribution in [0.5, 0.6) is 11.5 Å². The number of nitrogens with zero attached hydrogens (tertiary/aromatic N) is 2. The van der Waals surface area contributed by atoms with E-state index in [2.05, 4.69) is 5.32 Å². The van der Waals surface area contributed by atoms with E-state index in [9.17, 15) is 14.4 Å². The predicted octanol–water partition coefficient (Wildman–Crippen LogP) is 2.90. The molecule has 1 N–H and O–H groups in total. The summed E-state index contributed by atoms with van der Waals surface area (Å²) in [5.74, 6) is 0.578. The molecule has 4 amide bonds. The summed E-state index contributed by atoms with van der Waals surface area (Å²) >= 11 is 0. The van der Waals surface area contributed by atoms with Gasteiger partial charge in [0.05, 0.1) is 14.2 Å². The van der Waals surface area contributed by atoms with Crippen molar-refractivity contribution >= 4 is 17.8 Å². The van der Waals surface area contributed by atoms with E-state index in [0.717, 1.165) is 30.6 Å². The third-order valence-corrected chi connectivity index (χ3v) is 6.40. The van der Waals surface area contributed by atoms with Crippen LogP contribution < -0.4 is 14.8 Å². The number of nitrogens with one attached hydrogen (secondary N) is 1. The number of hydrogen-bond acceptors (Lipinski definition) is 5. The van der Waals surface area contributed by atoms with Crippen molar-refractivity contribution in [2.45, 2.75) is 31.2 Å². The standard InChI is InChI=1S/C25H29N3O5/c1-32-20-11-7-18(8-12-20)25(19-9-13-21(33-2)14-10-19)23(30)28(24(31)26-25)17-22(29)27-15-5-3-4-6-16-27/h7-14H,3-6,15-17H2,1-2H3,(H,26,31). The number of amides is 4. The molecule has 0 aromatic heterocycles. The van der Waals surface area contributed by atoms with Crippen LogP contribution in [0.15, 0.2) is 48.5 Å². The van der Waals surface area contributed by atoms with Crippen molar-refractivity contribution in [2.75, 3.05) is 33.9 Å². The molecule has 0 atom stereocenters. The third kappa shape index (κ3) is 4.25. The van der Waals surface area contributed by atoms with Crippen LogP contribution in [0.2, 0.25) is 0 Å². The number of hydrogen-bond donors (Lipinski definition) is 1. The van der Waals surface area contributed by atoms with Gasteiger partial charge in [-0.3, -0.25) is 14.5 Å². The highest BCUT2D eigenvalue weighted by Gasteiger charge is 2.54. The molecule has 8 nitrogen and oxygen atoms in total. The maximum absolute atomic E-state index is 13.8. The number of benzene rings is 2. The molecule has 4 rings (SSSR count). The van der Waals surface area contributed by atoms with Crippen LogP contribution in [0.4, 0.5) is 4.79 Å². The molecule has 8 heteroatoms. The van der Waals surface area contributed by atoms with Crippen LogP contribution in [0.3, 0.4) is 0 Å². The maximum atomic E-state index is 13.8. The zero-order valence-electron chi connectivity index (χ0n) is 19.0. The average molecular weight is 452 g/mol. The van der Waals surface area contributed by atoms with Gasteiger partial charge in [-0.1, -0.05) is 37.1 Å². The fourth-order valence-corrected chi connectivity index (χ4v) is 4.51. The van der Waals surface area contributed by atoms with Gasteiger partial charge in [0.2, 0.25) is 5.91 Å². The summed E-state index contributed by atoms with van der Waals surface area (Å²) in [5.41, 5.74) is -0.289. The Morgan fingerprint density at radius 3 is 1.79 bits per heavy atom. The molecular weight excluding hydrogens is 422 g/mol. The van der Waals surface area contributed by atoms with E-state index >= 15 is 0 Å². The highest BCUT2D eigenvalue weighted by molar-refractivity contribution is 6.11. The number of likely N-dealkylation sites (tertiary alicyclic amines) is 1. The van der Waals surface area contributed by atoms with Gasteiger partial charge in [0.1, 0.15) is 18.0 Å². The number of imide groups is 1. The van der Waals surface area contributed by atoms with Crippen LogP contribution >= 0.6 is 0 Å². The number of rotatable bonds is 6. The first-order chi connectivity index (χ1) is 16.0. The van der Waals surface area contributed by atoms with Gasteiger partial charge >= 0.3 is 6.03 Å². The van der Waals surface area contributed by atoms with Gasteiger partial charge < -0.3 is 19.7 Å². The number of carbonyl (C=O) groups is 3. The smallest absolute Gasteiger partial charge is 0.326 e. The fraction of sp³-hybridized carbons (Fsp3) is 0.400. The molecule has 0 aliphatic carbocycles. The molecule has 2 aliphatic heterocycles. The minimum Gasteiger partial charge on any atom is -0.497 e. The lowest BCUT2D eigenvalue weighted by atomic mass is 9.82. The zero-order valence-corrected chi connectivity index (χ0v) is 19.0. The van der Waals surface area contributed by atoms with Gasteiger partial charge in [0, 0.05) is 13.1 Å². The molecular formula is C25H29N3O5. The van der Waals surface area contributed by atoms with Crippen molar-refractivity contribution in [3.63, 3.8) is 0 Å². The number of carbonyl (C=O) groups excluding carboxylic acids is 3.